The average Bonchev–Trinajstić information content (AvgIpc) is 2.84. The molecule has 7 nitrogen and oxygen atoms in total. The van der Waals surface area contributed by atoms with Gasteiger partial charge in [0.05, 0.1) is 0 Å². The lowest BCUT2D eigenvalue weighted by Gasteiger charge is -2.05. The molecule has 0 bridgehead atoms. The van der Waals surface area contributed by atoms with Gasteiger partial charge in [-0.3, -0.25) is 14.7 Å². The lowest BCUT2D eigenvalue weighted by Crippen LogP contribution is -2.33. The Hall–Kier alpha value is -2.83. The molecule has 2 aromatic heterocycles. The maximum Gasteiger partial charge on any atom is 0.268 e. The van der Waals surface area contributed by atoms with Crippen LogP contribution in [0.15, 0.2) is 32.2 Å². The third-order valence-electron chi connectivity index (χ3n) is 3.46. The Balaban J connectivity index is 2.06. The van der Waals surface area contributed by atoms with Gasteiger partial charge in [-0.15, -0.1) is 0 Å². The van der Waals surface area contributed by atoms with Crippen LogP contribution in [-0.2, 0) is 6.54 Å². The molecule has 0 aliphatic heterocycles. The van der Waals surface area contributed by atoms with E-state index in [1.165, 1.54) is 4.68 Å². The number of anilines is 1. The Morgan fingerprint density at radius 2 is 2.05 bits per heavy atom. The van der Waals surface area contributed by atoms with Gasteiger partial charge in [-0.25, -0.2) is 9.67 Å². The highest BCUT2D eigenvalue weighted by Gasteiger charge is 2.11. The fraction of sp³-hybridized carbons (Fsp3) is 0.214. The van der Waals surface area contributed by atoms with Crippen molar-refractivity contribution in [2.45, 2.75) is 20.4 Å². The minimum absolute atomic E-state index is 0.0593. The van der Waals surface area contributed by atoms with E-state index in [2.05, 4.69) is 10.1 Å². The third kappa shape index (κ3) is 2.22. The number of H-pyrrole nitrogens is 1. The first kappa shape index (κ1) is 13.2. The van der Waals surface area contributed by atoms with Gasteiger partial charge in [-0.05, 0) is 26.0 Å². The predicted molar refractivity (Wildman–Crippen MR) is 78.3 cm³/mol. The second-order valence-corrected chi connectivity index (χ2v) is 4.92. The molecule has 3 N–H and O–H groups in total. The molecule has 108 valence electrons. The van der Waals surface area contributed by atoms with Crippen LogP contribution in [0.4, 0.5) is 5.69 Å². The molecule has 1 aromatic carbocycles. The molecule has 7 heteroatoms. The summed E-state index contributed by atoms with van der Waals surface area (Å²) in [6, 6.07) is 5.13. The normalized spacial score (nSPS) is 11.1. The van der Waals surface area contributed by atoms with Crippen LogP contribution in [0.25, 0.3) is 11.1 Å². The summed E-state index contributed by atoms with van der Waals surface area (Å²) in [5, 5.41) is 2.51. The van der Waals surface area contributed by atoms with Gasteiger partial charge in [-0.2, -0.15) is 0 Å². The molecule has 0 atom stereocenters. The number of nitrogen functional groups attached to an aromatic ring is 1. The minimum Gasteiger partial charge on any atom is -0.439 e. The van der Waals surface area contributed by atoms with Crippen molar-refractivity contribution in [3.05, 3.63) is 55.9 Å². The van der Waals surface area contributed by atoms with Gasteiger partial charge < -0.3 is 10.2 Å². The second-order valence-electron chi connectivity index (χ2n) is 4.92. The number of aromatic nitrogens is 3. The Morgan fingerprint density at radius 3 is 2.81 bits per heavy atom. The van der Waals surface area contributed by atoms with Gasteiger partial charge in [-0.1, -0.05) is 0 Å². The van der Waals surface area contributed by atoms with Gasteiger partial charge >= 0.3 is 0 Å². The Kier molecular flexibility index (Phi) is 2.90. The molecule has 0 aliphatic rings. The van der Waals surface area contributed by atoms with Crippen LogP contribution >= 0.6 is 0 Å². The van der Waals surface area contributed by atoms with Gasteiger partial charge in [0.2, 0.25) is 5.89 Å². The number of benzene rings is 1. The van der Waals surface area contributed by atoms with E-state index >= 15 is 0 Å². The third-order valence-corrected chi connectivity index (χ3v) is 3.46. The summed E-state index contributed by atoms with van der Waals surface area (Å²) in [6.45, 7) is 3.29. The van der Waals surface area contributed by atoms with E-state index in [9.17, 15) is 9.59 Å². The van der Waals surface area contributed by atoms with Crippen molar-refractivity contribution in [3.63, 3.8) is 0 Å². The predicted octanol–water partition coefficient (Wildman–Crippen LogP) is 0.925. The molecule has 0 spiro atoms. The van der Waals surface area contributed by atoms with Gasteiger partial charge in [0.15, 0.2) is 5.58 Å². The largest absolute Gasteiger partial charge is 0.439 e. The average molecular weight is 286 g/mol. The van der Waals surface area contributed by atoms with Gasteiger partial charge in [0.25, 0.3) is 11.1 Å². The summed E-state index contributed by atoms with van der Waals surface area (Å²) in [5.41, 5.74) is 7.71. The molecular weight excluding hydrogens is 272 g/mol. The molecule has 0 fully saturated rings. The number of nitrogens with zero attached hydrogens (tertiary/aromatic N) is 2. The Labute approximate surface area is 119 Å². The van der Waals surface area contributed by atoms with Gasteiger partial charge in [0, 0.05) is 22.9 Å². The summed E-state index contributed by atoms with van der Waals surface area (Å²) in [7, 11) is 0. The fourth-order valence-electron chi connectivity index (χ4n) is 2.09. The van der Waals surface area contributed by atoms with Crippen molar-refractivity contribution >= 4 is 16.8 Å². The smallest absolute Gasteiger partial charge is 0.268 e. The van der Waals surface area contributed by atoms with Gasteiger partial charge in [0.1, 0.15) is 12.1 Å². The highest BCUT2D eigenvalue weighted by molar-refractivity contribution is 5.76. The lowest BCUT2D eigenvalue weighted by atomic mass is 10.2. The number of aromatic amines is 1. The van der Waals surface area contributed by atoms with Crippen molar-refractivity contribution in [1.82, 2.24) is 14.8 Å². The van der Waals surface area contributed by atoms with E-state index in [0.29, 0.717) is 33.8 Å². The molecular formula is C14H14N4O3. The van der Waals surface area contributed by atoms with E-state index in [1.807, 2.05) is 0 Å². The quantitative estimate of drug-likeness (QED) is 0.681. The van der Waals surface area contributed by atoms with Crippen molar-refractivity contribution in [2.75, 3.05) is 5.73 Å². The molecule has 0 saturated carbocycles. The monoisotopic (exact) mass is 286 g/mol. The zero-order chi connectivity index (χ0) is 15.1. The molecule has 0 aliphatic carbocycles. The van der Waals surface area contributed by atoms with Crippen LogP contribution in [0.5, 0.6) is 0 Å². The molecule has 0 saturated heterocycles. The van der Waals surface area contributed by atoms with Crippen molar-refractivity contribution in [2.24, 2.45) is 0 Å². The topological polar surface area (TPSA) is 107 Å². The molecule has 21 heavy (non-hydrogen) atoms. The molecule has 3 rings (SSSR count). The lowest BCUT2D eigenvalue weighted by molar-refractivity contribution is 0.477. The number of rotatable bonds is 2. The van der Waals surface area contributed by atoms with Crippen molar-refractivity contribution in [3.8, 4) is 0 Å². The molecule has 0 unspecified atom stereocenters. The summed E-state index contributed by atoms with van der Waals surface area (Å²) in [4.78, 5) is 28.1. The number of hydrogen-bond donors (Lipinski definition) is 2. The maximum atomic E-state index is 12.1. The van der Waals surface area contributed by atoms with Crippen LogP contribution in [0.3, 0.4) is 0 Å². The fourth-order valence-corrected chi connectivity index (χ4v) is 2.09. The van der Waals surface area contributed by atoms with Crippen LogP contribution in [0.2, 0.25) is 0 Å². The second kappa shape index (κ2) is 4.62. The number of oxazole rings is 1. The summed E-state index contributed by atoms with van der Waals surface area (Å²) < 4.78 is 6.74. The Morgan fingerprint density at radius 1 is 1.29 bits per heavy atom. The Bertz CT molecular complexity index is 949. The first-order valence-electron chi connectivity index (χ1n) is 6.41. The summed E-state index contributed by atoms with van der Waals surface area (Å²) >= 11 is 0. The van der Waals surface area contributed by atoms with Crippen LogP contribution in [0.1, 0.15) is 17.0 Å². The van der Waals surface area contributed by atoms with E-state index in [4.69, 9.17) is 10.2 Å². The summed E-state index contributed by atoms with van der Waals surface area (Å²) in [5.74, 6) is 0.330. The zero-order valence-corrected chi connectivity index (χ0v) is 11.6. The molecule has 2 heterocycles. The van der Waals surface area contributed by atoms with Crippen LogP contribution < -0.4 is 16.9 Å². The maximum absolute atomic E-state index is 12.1. The minimum atomic E-state index is -0.299. The first-order valence-corrected chi connectivity index (χ1v) is 6.41. The number of nitrogens with one attached hydrogen (secondary N) is 1. The SMILES string of the molecule is Cc1c(C)c(=O)n(Cc2nc3ccc(N)cc3o2)[nH]c1=O. The van der Waals surface area contributed by atoms with E-state index in [1.54, 1.807) is 32.0 Å². The molecule has 0 radical (unpaired) electrons. The molecule has 0 amide bonds. The van der Waals surface area contributed by atoms with E-state index in [0.717, 1.165) is 0 Å². The summed E-state index contributed by atoms with van der Waals surface area (Å²) in [6.07, 6.45) is 0. The van der Waals surface area contributed by atoms with Crippen LogP contribution in [-0.4, -0.2) is 14.8 Å². The highest BCUT2D eigenvalue weighted by Crippen LogP contribution is 2.18. The van der Waals surface area contributed by atoms with Crippen molar-refractivity contribution < 1.29 is 4.42 Å². The van der Waals surface area contributed by atoms with Crippen LogP contribution in [0, 0.1) is 13.8 Å². The zero-order valence-electron chi connectivity index (χ0n) is 11.6. The number of hydrogen-bond acceptors (Lipinski definition) is 5. The standard InChI is InChI=1S/C14H14N4O3/c1-7-8(2)14(20)18(17-13(7)19)6-12-16-10-4-3-9(15)5-11(10)21-12/h3-5H,6,15H2,1-2H3,(H,17,19). The van der Waals surface area contributed by atoms with E-state index in [-0.39, 0.29) is 17.7 Å². The highest BCUT2D eigenvalue weighted by atomic mass is 16.3. The molecule has 3 aromatic rings. The van der Waals surface area contributed by atoms with Crippen molar-refractivity contribution in [1.29, 1.82) is 0 Å². The van der Waals surface area contributed by atoms with E-state index < -0.39 is 0 Å². The first-order chi connectivity index (χ1) is 9.95. The number of fused-ring (bicyclic) bond motifs is 1. The number of nitrogens with two attached hydrogens (primary N) is 1.